The lowest BCUT2D eigenvalue weighted by atomic mass is 10.1. The summed E-state index contributed by atoms with van der Waals surface area (Å²) in [6.45, 7) is 2.13. The standard InChI is InChI=1S/C16H14S/c1-12-15-10-6-5-7-13(15)11-16(12)17-14-8-3-2-4-9-14/h2-10H,11H2,1H3/i10D. The Bertz CT molecular complexity index is 614. The summed E-state index contributed by atoms with van der Waals surface area (Å²) in [6, 6.07) is 17.1. The number of thioether (sulfide) groups is 1. The predicted octanol–water partition coefficient (Wildman–Crippen LogP) is 4.77. The lowest BCUT2D eigenvalue weighted by molar-refractivity contribution is 1.29. The highest BCUT2D eigenvalue weighted by atomic mass is 32.2. The highest BCUT2D eigenvalue weighted by molar-refractivity contribution is 8.03. The Hall–Kier alpha value is -1.47. The zero-order valence-corrected chi connectivity index (χ0v) is 10.6. The maximum atomic E-state index is 8.01. The first-order valence-corrected chi connectivity index (χ1v) is 6.59. The average Bonchev–Trinajstić information content (AvgIpc) is 2.69. The van der Waals surface area contributed by atoms with Gasteiger partial charge in [0.05, 0.1) is 1.37 Å². The van der Waals surface area contributed by atoms with Gasteiger partial charge in [0.1, 0.15) is 0 Å². The van der Waals surface area contributed by atoms with Gasteiger partial charge in [0.2, 0.25) is 0 Å². The Morgan fingerprint density at radius 1 is 1.06 bits per heavy atom. The topological polar surface area (TPSA) is 0 Å². The summed E-state index contributed by atoms with van der Waals surface area (Å²) in [5.41, 5.74) is 3.69. The van der Waals surface area contributed by atoms with Gasteiger partial charge in [-0.1, -0.05) is 54.2 Å². The molecular formula is C16H14S. The van der Waals surface area contributed by atoms with Gasteiger partial charge >= 0.3 is 0 Å². The minimum atomic E-state index is 0.647. The molecule has 3 rings (SSSR count). The van der Waals surface area contributed by atoms with Crippen molar-refractivity contribution in [2.75, 3.05) is 0 Å². The van der Waals surface area contributed by atoms with Gasteiger partial charge in [0, 0.05) is 11.3 Å². The highest BCUT2D eigenvalue weighted by Gasteiger charge is 2.18. The molecule has 0 fully saturated rings. The van der Waals surface area contributed by atoms with Crippen LogP contribution in [0.4, 0.5) is 0 Å². The zero-order valence-electron chi connectivity index (χ0n) is 10.7. The van der Waals surface area contributed by atoms with Crippen molar-refractivity contribution in [2.45, 2.75) is 18.2 Å². The van der Waals surface area contributed by atoms with Crippen LogP contribution < -0.4 is 0 Å². The molecule has 2 aromatic rings. The third kappa shape index (κ3) is 2.03. The van der Waals surface area contributed by atoms with Crippen LogP contribution in [-0.2, 0) is 6.42 Å². The van der Waals surface area contributed by atoms with Crippen LogP contribution in [0.3, 0.4) is 0 Å². The van der Waals surface area contributed by atoms with Gasteiger partial charge in [-0.3, -0.25) is 0 Å². The van der Waals surface area contributed by atoms with Crippen LogP contribution in [0.2, 0.25) is 0 Å². The van der Waals surface area contributed by atoms with E-state index in [4.69, 9.17) is 1.37 Å². The minimum Gasteiger partial charge on any atom is -0.0939 e. The smallest absolute Gasteiger partial charge is 0.0629 e. The van der Waals surface area contributed by atoms with Crippen molar-refractivity contribution < 1.29 is 1.37 Å². The molecule has 0 unspecified atom stereocenters. The average molecular weight is 239 g/mol. The van der Waals surface area contributed by atoms with Gasteiger partial charge in [-0.25, -0.2) is 0 Å². The number of hydrogen-bond acceptors (Lipinski definition) is 1. The molecule has 0 amide bonds. The van der Waals surface area contributed by atoms with Crippen LogP contribution in [0.15, 0.2) is 64.4 Å². The first-order valence-electron chi connectivity index (χ1n) is 6.27. The molecule has 0 N–H and O–H groups in total. The third-order valence-corrected chi connectivity index (χ3v) is 4.28. The van der Waals surface area contributed by atoms with E-state index in [1.165, 1.54) is 20.9 Å². The van der Waals surface area contributed by atoms with Crippen LogP contribution >= 0.6 is 11.8 Å². The summed E-state index contributed by atoms with van der Waals surface area (Å²) in [5, 5.41) is 0. The van der Waals surface area contributed by atoms with E-state index in [2.05, 4.69) is 37.3 Å². The second-order valence-corrected chi connectivity index (χ2v) is 5.38. The van der Waals surface area contributed by atoms with Crippen molar-refractivity contribution in [1.29, 1.82) is 0 Å². The molecule has 2 aromatic carbocycles. The number of rotatable bonds is 2. The highest BCUT2D eigenvalue weighted by Crippen LogP contribution is 2.41. The van der Waals surface area contributed by atoms with Crippen molar-refractivity contribution in [1.82, 2.24) is 0 Å². The summed E-state index contributed by atoms with van der Waals surface area (Å²) in [4.78, 5) is 2.64. The normalized spacial score (nSPS) is 14.8. The Morgan fingerprint density at radius 2 is 1.82 bits per heavy atom. The van der Waals surface area contributed by atoms with E-state index < -0.39 is 0 Å². The molecule has 1 aliphatic carbocycles. The van der Waals surface area contributed by atoms with E-state index in [9.17, 15) is 0 Å². The zero-order chi connectivity index (χ0) is 12.5. The summed E-state index contributed by atoms with van der Waals surface area (Å²) in [5.74, 6) is 0. The monoisotopic (exact) mass is 239 g/mol. The molecule has 0 saturated carbocycles. The fourth-order valence-corrected chi connectivity index (χ4v) is 3.22. The summed E-state index contributed by atoms with van der Waals surface area (Å²) >= 11 is 1.82. The quantitative estimate of drug-likeness (QED) is 0.727. The first kappa shape index (κ1) is 9.55. The van der Waals surface area contributed by atoms with Crippen molar-refractivity contribution in [3.8, 4) is 0 Å². The van der Waals surface area contributed by atoms with Crippen molar-refractivity contribution >= 4 is 17.3 Å². The lowest BCUT2D eigenvalue weighted by Gasteiger charge is -2.03. The van der Waals surface area contributed by atoms with Gasteiger partial charge in [0.15, 0.2) is 0 Å². The van der Waals surface area contributed by atoms with Gasteiger partial charge < -0.3 is 0 Å². The van der Waals surface area contributed by atoms with E-state index >= 15 is 0 Å². The molecule has 1 heteroatoms. The number of fused-ring (bicyclic) bond motifs is 1. The molecule has 1 aliphatic rings. The Labute approximate surface area is 108 Å². The molecule has 0 aromatic heterocycles. The molecule has 0 bridgehead atoms. The second kappa shape index (κ2) is 4.42. The molecule has 0 aliphatic heterocycles. The van der Waals surface area contributed by atoms with Crippen LogP contribution in [0.1, 0.15) is 19.4 Å². The van der Waals surface area contributed by atoms with Crippen LogP contribution in [0, 0.1) is 0 Å². The summed E-state index contributed by atoms with van der Waals surface area (Å²) in [6.07, 6.45) is 0.966. The van der Waals surface area contributed by atoms with E-state index in [-0.39, 0.29) is 0 Å². The Morgan fingerprint density at radius 3 is 2.59 bits per heavy atom. The molecule has 0 saturated heterocycles. The molecular weight excluding hydrogens is 224 g/mol. The molecule has 0 nitrogen and oxygen atoms in total. The van der Waals surface area contributed by atoms with Crippen LogP contribution in [0.5, 0.6) is 0 Å². The number of benzene rings is 2. The first-order chi connectivity index (χ1) is 8.75. The third-order valence-electron chi connectivity index (χ3n) is 3.07. The summed E-state index contributed by atoms with van der Waals surface area (Å²) in [7, 11) is 0. The van der Waals surface area contributed by atoms with Crippen LogP contribution in [-0.4, -0.2) is 0 Å². The molecule has 0 heterocycles. The fourth-order valence-electron chi connectivity index (χ4n) is 2.16. The summed E-state index contributed by atoms with van der Waals surface area (Å²) < 4.78 is 8.01. The molecule has 0 atom stereocenters. The van der Waals surface area contributed by atoms with E-state index in [0.717, 1.165) is 12.0 Å². The maximum absolute atomic E-state index is 8.01. The Kier molecular flexibility index (Phi) is 2.48. The fraction of sp³-hybridized carbons (Fsp3) is 0.125. The maximum Gasteiger partial charge on any atom is 0.0629 e. The van der Waals surface area contributed by atoms with Crippen molar-refractivity contribution in [3.05, 3.63) is 70.6 Å². The number of hydrogen-bond donors (Lipinski definition) is 0. The molecule has 0 spiro atoms. The minimum absolute atomic E-state index is 0.647. The van der Waals surface area contributed by atoms with E-state index in [1.54, 1.807) is 0 Å². The van der Waals surface area contributed by atoms with Gasteiger partial charge in [0.25, 0.3) is 0 Å². The molecule has 17 heavy (non-hydrogen) atoms. The van der Waals surface area contributed by atoms with Crippen LogP contribution in [0.25, 0.3) is 5.57 Å². The van der Waals surface area contributed by atoms with Gasteiger partial charge in [-0.2, -0.15) is 0 Å². The lowest BCUT2D eigenvalue weighted by Crippen LogP contribution is -1.81. The van der Waals surface area contributed by atoms with E-state index in [1.807, 2.05) is 30.0 Å². The van der Waals surface area contributed by atoms with E-state index in [0.29, 0.717) is 6.04 Å². The second-order valence-electron chi connectivity index (χ2n) is 4.21. The van der Waals surface area contributed by atoms with Crippen molar-refractivity contribution in [2.24, 2.45) is 0 Å². The SMILES string of the molecule is [2H]c1cccc2c1C(C)=C(Sc1ccccc1)C2. The Balaban J connectivity index is 1.95. The molecule has 0 radical (unpaired) electrons. The van der Waals surface area contributed by atoms with Gasteiger partial charge in [-0.15, -0.1) is 0 Å². The largest absolute Gasteiger partial charge is 0.0939 e. The van der Waals surface area contributed by atoms with Gasteiger partial charge in [-0.05, 0) is 40.7 Å². The van der Waals surface area contributed by atoms with Crippen molar-refractivity contribution in [3.63, 3.8) is 0 Å². The number of allylic oxidation sites excluding steroid dienone is 2. The predicted molar refractivity (Wildman–Crippen MR) is 75.0 cm³/mol. The molecule has 84 valence electrons.